The Morgan fingerprint density at radius 3 is 2.07 bits per heavy atom. The highest BCUT2D eigenvalue weighted by molar-refractivity contribution is 5.97. The zero-order chi connectivity index (χ0) is 22.3. The number of nitrogens with zero attached hydrogens (tertiary/aromatic N) is 1. The first-order valence-corrected chi connectivity index (χ1v) is 9.34. The maximum absolute atomic E-state index is 12.5. The number of amides is 1. The lowest BCUT2D eigenvalue weighted by Gasteiger charge is -2.20. The zero-order valence-electron chi connectivity index (χ0n) is 17.4. The Hall–Kier alpha value is -3.66. The van der Waals surface area contributed by atoms with E-state index in [2.05, 4.69) is 5.32 Å². The average Bonchev–Trinajstić information content (AvgIpc) is 2.71. The number of rotatable bonds is 6. The number of nitrogens with one attached hydrogen (secondary N) is 1. The number of methoxy groups -OCH3 is 1. The van der Waals surface area contributed by atoms with E-state index in [1.165, 1.54) is 31.4 Å². The number of carbonyl (C=O) groups excluding carboxylic acids is 3. The van der Waals surface area contributed by atoms with Crippen molar-refractivity contribution in [3.63, 3.8) is 0 Å². The molecule has 0 aliphatic heterocycles. The maximum Gasteiger partial charge on any atom is 0.338 e. The van der Waals surface area contributed by atoms with E-state index in [9.17, 15) is 14.4 Å². The number of esters is 2. The number of carbonyl (C=O) groups is 3. The molecule has 1 atom stereocenters. The molecule has 0 bridgehead atoms. The van der Waals surface area contributed by atoms with E-state index in [-0.39, 0.29) is 6.42 Å². The van der Waals surface area contributed by atoms with E-state index in [1.54, 1.807) is 45.0 Å². The summed E-state index contributed by atoms with van der Waals surface area (Å²) in [6, 6.07) is 13.8. The van der Waals surface area contributed by atoms with Gasteiger partial charge in [0.15, 0.2) is 0 Å². The first kappa shape index (κ1) is 22.6. The van der Waals surface area contributed by atoms with Crippen LogP contribution in [0.4, 0.5) is 0 Å². The van der Waals surface area contributed by atoms with Crippen LogP contribution < -0.4 is 5.32 Å². The minimum Gasteiger partial charge on any atom is -0.467 e. The standard InChI is InChI=1S/C23H24N2O5/c1-23(2,3)30-21(27)18-11-5-15(6-12-18)13-19(22(28)29-4)25-20(26)17-9-7-16(14-24)8-10-17/h5-12,19H,13H2,1-4H3,(H,25,26)/t19-/m1/s1. The molecule has 2 rings (SSSR count). The Labute approximate surface area is 175 Å². The summed E-state index contributed by atoms with van der Waals surface area (Å²) in [5.74, 6) is -1.49. The van der Waals surface area contributed by atoms with Crippen LogP contribution >= 0.6 is 0 Å². The molecule has 7 nitrogen and oxygen atoms in total. The van der Waals surface area contributed by atoms with Crippen LogP contribution in [-0.2, 0) is 20.7 Å². The Bertz CT molecular complexity index is 951. The summed E-state index contributed by atoms with van der Waals surface area (Å²) < 4.78 is 10.1. The van der Waals surface area contributed by atoms with Gasteiger partial charge in [0.1, 0.15) is 11.6 Å². The lowest BCUT2D eigenvalue weighted by atomic mass is 10.0. The molecule has 2 aromatic carbocycles. The molecule has 1 amide bonds. The van der Waals surface area contributed by atoms with Gasteiger partial charge in [0.25, 0.3) is 5.91 Å². The van der Waals surface area contributed by atoms with Crippen LogP contribution in [0.15, 0.2) is 48.5 Å². The highest BCUT2D eigenvalue weighted by Gasteiger charge is 2.23. The van der Waals surface area contributed by atoms with E-state index < -0.39 is 29.5 Å². The molecule has 0 fully saturated rings. The van der Waals surface area contributed by atoms with Crippen LogP contribution in [0.3, 0.4) is 0 Å². The summed E-state index contributed by atoms with van der Waals surface area (Å²) in [5.41, 5.74) is 1.29. The molecule has 0 saturated heterocycles. The van der Waals surface area contributed by atoms with Gasteiger partial charge in [-0.05, 0) is 62.7 Å². The average molecular weight is 408 g/mol. The highest BCUT2D eigenvalue weighted by atomic mass is 16.6. The third-order valence-electron chi connectivity index (χ3n) is 4.10. The fourth-order valence-electron chi connectivity index (χ4n) is 2.62. The van der Waals surface area contributed by atoms with Crippen molar-refractivity contribution in [3.8, 4) is 6.07 Å². The summed E-state index contributed by atoms with van der Waals surface area (Å²) in [7, 11) is 1.24. The van der Waals surface area contributed by atoms with Crippen molar-refractivity contribution in [2.24, 2.45) is 0 Å². The summed E-state index contributed by atoms with van der Waals surface area (Å²) in [5, 5.41) is 11.5. The van der Waals surface area contributed by atoms with E-state index in [1.807, 2.05) is 6.07 Å². The van der Waals surface area contributed by atoms with Gasteiger partial charge in [0, 0.05) is 12.0 Å². The second-order valence-electron chi connectivity index (χ2n) is 7.64. The van der Waals surface area contributed by atoms with E-state index in [4.69, 9.17) is 14.7 Å². The molecular weight excluding hydrogens is 384 g/mol. The molecule has 2 aromatic rings. The molecule has 1 N–H and O–H groups in total. The fourth-order valence-corrected chi connectivity index (χ4v) is 2.62. The van der Waals surface area contributed by atoms with Crippen molar-refractivity contribution >= 4 is 17.8 Å². The quantitative estimate of drug-likeness (QED) is 0.737. The smallest absolute Gasteiger partial charge is 0.338 e. The van der Waals surface area contributed by atoms with E-state index in [0.717, 1.165) is 5.56 Å². The van der Waals surface area contributed by atoms with Gasteiger partial charge in [0.2, 0.25) is 0 Å². The van der Waals surface area contributed by atoms with Crippen molar-refractivity contribution in [2.75, 3.05) is 7.11 Å². The minimum atomic E-state index is -0.912. The molecule has 7 heteroatoms. The predicted molar refractivity (Wildman–Crippen MR) is 110 cm³/mol. The molecule has 0 radical (unpaired) electrons. The molecule has 0 aliphatic carbocycles. The summed E-state index contributed by atoms with van der Waals surface area (Å²) in [6.07, 6.45) is 0.184. The van der Waals surface area contributed by atoms with E-state index >= 15 is 0 Å². The molecule has 0 aromatic heterocycles. The van der Waals surface area contributed by atoms with Crippen LogP contribution in [0.25, 0.3) is 0 Å². The van der Waals surface area contributed by atoms with Gasteiger partial charge in [-0.15, -0.1) is 0 Å². The summed E-state index contributed by atoms with van der Waals surface area (Å²) in [4.78, 5) is 36.8. The number of nitriles is 1. The molecule has 156 valence electrons. The number of hydrogen-bond donors (Lipinski definition) is 1. The van der Waals surface area contributed by atoms with Crippen molar-refractivity contribution in [1.82, 2.24) is 5.32 Å². The Balaban J connectivity index is 2.10. The van der Waals surface area contributed by atoms with Gasteiger partial charge in [-0.3, -0.25) is 4.79 Å². The molecule has 30 heavy (non-hydrogen) atoms. The zero-order valence-corrected chi connectivity index (χ0v) is 17.4. The lowest BCUT2D eigenvalue weighted by Crippen LogP contribution is -2.43. The topological polar surface area (TPSA) is 105 Å². The second-order valence-corrected chi connectivity index (χ2v) is 7.64. The van der Waals surface area contributed by atoms with Gasteiger partial charge in [-0.1, -0.05) is 12.1 Å². The van der Waals surface area contributed by atoms with Gasteiger partial charge in [-0.25, -0.2) is 9.59 Å². The monoisotopic (exact) mass is 408 g/mol. The molecule has 0 aliphatic rings. The van der Waals surface area contributed by atoms with Crippen molar-refractivity contribution < 1.29 is 23.9 Å². The first-order chi connectivity index (χ1) is 14.1. The largest absolute Gasteiger partial charge is 0.467 e. The van der Waals surface area contributed by atoms with Crippen LogP contribution in [0.1, 0.15) is 52.6 Å². The van der Waals surface area contributed by atoms with Gasteiger partial charge < -0.3 is 14.8 Å². The Kier molecular flexibility index (Phi) is 7.32. The molecule has 0 unspecified atom stereocenters. The fraction of sp³-hybridized carbons (Fsp3) is 0.304. The SMILES string of the molecule is COC(=O)[C@@H](Cc1ccc(C(=O)OC(C)(C)C)cc1)NC(=O)c1ccc(C#N)cc1. The third kappa shape index (κ3) is 6.45. The Morgan fingerprint density at radius 1 is 1.00 bits per heavy atom. The van der Waals surface area contributed by atoms with Crippen molar-refractivity contribution in [1.29, 1.82) is 5.26 Å². The van der Waals surface area contributed by atoms with Crippen molar-refractivity contribution in [2.45, 2.75) is 38.8 Å². The van der Waals surface area contributed by atoms with Crippen LogP contribution in [-0.4, -0.2) is 36.6 Å². The van der Waals surface area contributed by atoms with Gasteiger partial charge in [0.05, 0.1) is 24.3 Å². The molecular formula is C23H24N2O5. The second kappa shape index (κ2) is 9.70. The first-order valence-electron chi connectivity index (χ1n) is 9.34. The number of hydrogen-bond acceptors (Lipinski definition) is 6. The molecule has 0 spiro atoms. The van der Waals surface area contributed by atoms with Crippen LogP contribution in [0, 0.1) is 11.3 Å². The predicted octanol–water partition coefficient (Wildman–Crippen LogP) is 3.03. The highest BCUT2D eigenvalue weighted by Crippen LogP contribution is 2.14. The normalized spacial score (nSPS) is 11.7. The van der Waals surface area contributed by atoms with Crippen LogP contribution in [0.2, 0.25) is 0 Å². The van der Waals surface area contributed by atoms with Gasteiger partial charge >= 0.3 is 11.9 Å². The summed E-state index contributed by atoms with van der Waals surface area (Å²) >= 11 is 0. The van der Waals surface area contributed by atoms with E-state index in [0.29, 0.717) is 16.7 Å². The minimum absolute atomic E-state index is 0.184. The maximum atomic E-state index is 12.5. The van der Waals surface area contributed by atoms with Gasteiger partial charge in [-0.2, -0.15) is 5.26 Å². The van der Waals surface area contributed by atoms with Crippen molar-refractivity contribution in [3.05, 3.63) is 70.8 Å². The third-order valence-corrected chi connectivity index (χ3v) is 4.10. The van der Waals surface area contributed by atoms with Crippen LogP contribution in [0.5, 0.6) is 0 Å². The molecule has 0 saturated carbocycles. The number of ether oxygens (including phenoxy) is 2. The Morgan fingerprint density at radius 2 is 1.57 bits per heavy atom. The summed E-state index contributed by atoms with van der Waals surface area (Å²) in [6.45, 7) is 5.37. The lowest BCUT2D eigenvalue weighted by molar-refractivity contribution is -0.142. The number of benzene rings is 2. The molecule has 0 heterocycles.